The summed E-state index contributed by atoms with van der Waals surface area (Å²) in [5.41, 5.74) is 0.593. The number of carbonyl (C=O) groups excluding carboxylic acids is 3. The Morgan fingerprint density at radius 2 is 1.85 bits per heavy atom. The van der Waals surface area contributed by atoms with Crippen LogP contribution < -0.4 is 10.6 Å². The van der Waals surface area contributed by atoms with Crippen LogP contribution >= 0.6 is 11.3 Å². The van der Waals surface area contributed by atoms with Crippen LogP contribution in [0, 0.1) is 0 Å². The van der Waals surface area contributed by atoms with Crippen LogP contribution in [-0.4, -0.2) is 29.9 Å². The van der Waals surface area contributed by atoms with Crippen LogP contribution in [0.25, 0.3) is 0 Å². The van der Waals surface area contributed by atoms with Gasteiger partial charge in [0.2, 0.25) is 6.10 Å². The minimum atomic E-state index is -1.04. The molecule has 3 rings (SSSR count). The molecule has 2 atom stereocenters. The molecule has 2 aromatic rings. The lowest BCUT2D eigenvalue weighted by Crippen LogP contribution is -2.42. The molecular formula is C19H20N2O4S. The molecule has 0 aliphatic heterocycles. The van der Waals surface area contributed by atoms with Crippen LogP contribution in [0.3, 0.4) is 0 Å². The smallest absolute Gasteiger partial charge is 0.329 e. The van der Waals surface area contributed by atoms with Gasteiger partial charge in [0.25, 0.3) is 11.8 Å². The zero-order chi connectivity index (χ0) is 18.5. The molecule has 1 saturated carbocycles. The maximum Gasteiger partial charge on any atom is 0.329 e. The number of esters is 1. The van der Waals surface area contributed by atoms with E-state index in [4.69, 9.17) is 4.74 Å². The normalized spacial score (nSPS) is 15.6. The largest absolute Gasteiger partial charge is 0.446 e. The van der Waals surface area contributed by atoms with Gasteiger partial charge in [-0.2, -0.15) is 0 Å². The lowest BCUT2D eigenvalue weighted by atomic mass is 10.1. The summed E-state index contributed by atoms with van der Waals surface area (Å²) in [4.78, 5) is 37.5. The van der Waals surface area contributed by atoms with Crippen molar-refractivity contribution in [2.24, 2.45) is 0 Å². The molecule has 0 unspecified atom stereocenters. The number of hydrogen-bond acceptors (Lipinski definition) is 5. The van der Waals surface area contributed by atoms with Gasteiger partial charge in [-0.3, -0.25) is 9.59 Å². The number of thiophene rings is 1. The van der Waals surface area contributed by atoms with Crippen LogP contribution in [0.4, 0.5) is 0 Å². The van der Waals surface area contributed by atoms with Crippen molar-refractivity contribution in [3.05, 3.63) is 58.3 Å². The standard InChI is InChI=1S/C19H20N2O4S/c1-12(20-17(22)15-8-5-11-26-15)19(24)25-16(13-6-3-2-4-7-13)18(23)21-14-9-10-14/h2-8,11-12,14,16H,9-10H2,1H3,(H,20,22)(H,21,23)/t12-,16-/m0/s1. The molecule has 0 radical (unpaired) electrons. The maximum absolute atomic E-state index is 12.5. The zero-order valence-electron chi connectivity index (χ0n) is 14.3. The lowest BCUT2D eigenvalue weighted by molar-refractivity contribution is -0.158. The van der Waals surface area contributed by atoms with E-state index >= 15 is 0 Å². The Bertz CT molecular complexity index is 772. The number of benzene rings is 1. The summed E-state index contributed by atoms with van der Waals surface area (Å²) in [7, 11) is 0. The molecule has 2 amide bonds. The van der Waals surface area contributed by atoms with E-state index in [1.807, 2.05) is 6.07 Å². The topological polar surface area (TPSA) is 84.5 Å². The molecule has 2 N–H and O–H groups in total. The van der Waals surface area contributed by atoms with Gasteiger partial charge >= 0.3 is 5.97 Å². The zero-order valence-corrected chi connectivity index (χ0v) is 15.1. The Labute approximate surface area is 155 Å². The number of nitrogens with one attached hydrogen (secondary N) is 2. The lowest BCUT2D eigenvalue weighted by Gasteiger charge is -2.20. The van der Waals surface area contributed by atoms with E-state index < -0.39 is 18.1 Å². The Morgan fingerprint density at radius 3 is 2.46 bits per heavy atom. The third kappa shape index (κ3) is 4.70. The highest BCUT2D eigenvalue weighted by Gasteiger charge is 2.32. The quantitative estimate of drug-likeness (QED) is 0.731. The first kappa shape index (κ1) is 18.1. The van der Waals surface area contributed by atoms with Crippen LogP contribution in [0.2, 0.25) is 0 Å². The SMILES string of the molecule is C[C@H](NC(=O)c1cccs1)C(=O)O[C@H](C(=O)NC1CC1)c1ccccc1. The second kappa shape index (κ2) is 8.14. The van der Waals surface area contributed by atoms with Gasteiger partial charge in [0, 0.05) is 11.6 Å². The Hall–Kier alpha value is -2.67. The van der Waals surface area contributed by atoms with Crippen molar-refractivity contribution in [1.82, 2.24) is 10.6 Å². The van der Waals surface area contributed by atoms with Crippen molar-refractivity contribution in [2.45, 2.75) is 38.0 Å². The number of rotatable bonds is 7. The van der Waals surface area contributed by atoms with Crippen molar-refractivity contribution in [3.8, 4) is 0 Å². The van der Waals surface area contributed by atoms with Crippen molar-refractivity contribution in [2.75, 3.05) is 0 Å². The predicted octanol–water partition coefficient (Wildman–Crippen LogP) is 2.43. The molecule has 26 heavy (non-hydrogen) atoms. The molecule has 1 aliphatic carbocycles. The first-order valence-electron chi connectivity index (χ1n) is 8.45. The second-order valence-corrected chi connectivity index (χ2v) is 7.13. The fourth-order valence-electron chi connectivity index (χ4n) is 2.36. The van der Waals surface area contributed by atoms with Gasteiger partial charge in [-0.05, 0) is 31.2 Å². The van der Waals surface area contributed by atoms with Gasteiger partial charge in [-0.1, -0.05) is 36.4 Å². The highest BCUT2D eigenvalue weighted by molar-refractivity contribution is 7.12. The van der Waals surface area contributed by atoms with Crippen molar-refractivity contribution in [1.29, 1.82) is 0 Å². The van der Waals surface area contributed by atoms with E-state index in [1.54, 1.807) is 41.8 Å². The van der Waals surface area contributed by atoms with E-state index in [0.29, 0.717) is 10.4 Å². The number of carbonyl (C=O) groups is 3. The van der Waals surface area contributed by atoms with E-state index in [1.165, 1.54) is 18.3 Å². The first-order chi connectivity index (χ1) is 12.5. The summed E-state index contributed by atoms with van der Waals surface area (Å²) < 4.78 is 5.44. The van der Waals surface area contributed by atoms with Crippen LogP contribution in [-0.2, 0) is 14.3 Å². The summed E-state index contributed by atoms with van der Waals surface area (Å²) in [6.45, 7) is 1.54. The molecule has 1 aromatic heterocycles. The molecule has 6 nitrogen and oxygen atoms in total. The summed E-state index contributed by atoms with van der Waals surface area (Å²) in [5.74, 6) is -1.35. The van der Waals surface area contributed by atoms with Gasteiger partial charge in [-0.25, -0.2) is 4.79 Å². The van der Waals surface area contributed by atoms with Crippen molar-refractivity contribution >= 4 is 29.1 Å². The molecule has 1 heterocycles. The highest BCUT2D eigenvalue weighted by atomic mass is 32.1. The predicted molar refractivity (Wildman–Crippen MR) is 97.7 cm³/mol. The molecule has 136 valence electrons. The molecule has 1 aliphatic rings. The monoisotopic (exact) mass is 372 g/mol. The van der Waals surface area contributed by atoms with E-state index in [9.17, 15) is 14.4 Å². The summed E-state index contributed by atoms with van der Waals surface area (Å²) >= 11 is 1.29. The molecule has 7 heteroatoms. The number of amides is 2. The van der Waals surface area contributed by atoms with Crippen LogP contribution in [0.15, 0.2) is 47.8 Å². The van der Waals surface area contributed by atoms with Crippen LogP contribution in [0.5, 0.6) is 0 Å². The average molecular weight is 372 g/mol. The van der Waals surface area contributed by atoms with Crippen molar-refractivity contribution < 1.29 is 19.1 Å². The molecule has 0 saturated heterocycles. The third-order valence-corrected chi connectivity index (χ3v) is 4.81. The van der Waals surface area contributed by atoms with E-state index in [0.717, 1.165) is 12.8 Å². The second-order valence-electron chi connectivity index (χ2n) is 6.18. The van der Waals surface area contributed by atoms with Gasteiger partial charge in [0.05, 0.1) is 4.88 Å². The van der Waals surface area contributed by atoms with Gasteiger partial charge in [-0.15, -0.1) is 11.3 Å². The summed E-state index contributed by atoms with van der Waals surface area (Å²) in [6, 6.07) is 11.6. The molecule has 1 aromatic carbocycles. The van der Waals surface area contributed by atoms with Gasteiger partial charge < -0.3 is 15.4 Å². The minimum absolute atomic E-state index is 0.156. The summed E-state index contributed by atoms with van der Waals surface area (Å²) in [6.07, 6.45) is 0.841. The number of ether oxygens (including phenoxy) is 1. The van der Waals surface area contributed by atoms with E-state index in [2.05, 4.69) is 10.6 Å². The molecule has 1 fully saturated rings. The fraction of sp³-hybridized carbons (Fsp3) is 0.316. The Kier molecular flexibility index (Phi) is 5.68. The van der Waals surface area contributed by atoms with Gasteiger partial charge in [0.15, 0.2) is 0 Å². The Balaban J connectivity index is 1.65. The highest BCUT2D eigenvalue weighted by Crippen LogP contribution is 2.23. The molecule has 0 bridgehead atoms. The van der Waals surface area contributed by atoms with E-state index in [-0.39, 0.29) is 17.9 Å². The minimum Gasteiger partial charge on any atom is -0.446 e. The maximum atomic E-state index is 12.5. The van der Waals surface area contributed by atoms with Crippen molar-refractivity contribution in [3.63, 3.8) is 0 Å². The third-order valence-electron chi connectivity index (χ3n) is 3.94. The molecular weight excluding hydrogens is 352 g/mol. The average Bonchev–Trinajstić information content (AvgIpc) is 3.28. The number of hydrogen-bond donors (Lipinski definition) is 2. The van der Waals surface area contributed by atoms with Gasteiger partial charge in [0.1, 0.15) is 6.04 Å². The molecule has 0 spiro atoms. The fourth-order valence-corrected chi connectivity index (χ4v) is 2.98. The Morgan fingerprint density at radius 1 is 1.12 bits per heavy atom. The first-order valence-corrected chi connectivity index (χ1v) is 9.32. The van der Waals surface area contributed by atoms with Crippen LogP contribution in [0.1, 0.15) is 41.1 Å². The summed E-state index contributed by atoms with van der Waals surface area (Å²) in [5, 5.41) is 7.24.